The number of nitrogens with one attached hydrogen (secondary N) is 1. The third-order valence-electron chi connectivity index (χ3n) is 4.90. The van der Waals surface area contributed by atoms with E-state index in [2.05, 4.69) is 10.4 Å². The molecule has 0 bridgehead atoms. The predicted octanol–water partition coefficient (Wildman–Crippen LogP) is -0.517. The minimum absolute atomic E-state index is 0.0726. The van der Waals surface area contributed by atoms with E-state index in [4.69, 9.17) is 0 Å². The van der Waals surface area contributed by atoms with Gasteiger partial charge in [0.25, 0.3) is 11.8 Å². The van der Waals surface area contributed by atoms with Gasteiger partial charge in [0.05, 0.1) is 17.5 Å². The Morgan fingerprint density at radius 2 is 2.15 bits per heavy atom. The summed E-state index contributed by atoms with van der Waals surface area (Å²) < 4.78 is 27.2. The second-order valence-electron chi connectivity index (χ2n) is 6.94. The van der Waals surface area contributed by atoms with Crippen molar-refractivity contribution in [3.8, 4) is 0 Å². The highest BCUT2D eigenvalue weighted by Crippen LogP contribution is 2.25. The van der Waals surface area contributed by atoms with Gasteiger partial charge in [-0.15, -0.1) is 0 Å². The van der Waals surface area contributed by atoms with Gasteiger partial charge >= 0.3 is 0 Å². The molecule has 2 atom stereocenters. The summed E-state index contributed by atoms with van der Waals surface area (Å²) in [6.07, 6.45) is 0.995. The summed E-state index contributed by atoms with van der Waals surface area (Å²) in [5, 5.41) is 7.12. The fourth-order valence-electron chi connectivity index (χ4n) is 3.69. The summed E-state index contributed by atoms with van der Waals surface area (Å²) in [4.78, 5) is 27.1. The maximum Gasteiger partial charge on any atom is 0.269 e. The van der Waals surface area contributed by atoms with E-state index >= 15 is 0 Å². The number of amides is 2. The monoisotopic (exact) mass is 383 g/mol. The molecular formula is C16H25N5O4S. The molecule has 144 valence electrons. The van der Waals surface area contributed by atoms with Crippen LogP contribution in [-0.4, -0.2) is 76.7 Å². The molecule has 3 rings (SSSR count). The SMILES string of the molecule is CCCN1C(=O)C2CC(NC(=O)c3cc(C)nn3C)CN2CCS1(=O)=O. The normalized spacial score (nSPS) is 25.8. The van der Waals surface area contributed by atoms with Gasteiger partial charge in [0.1, 0.15) is 5.69 Å². The van der Waals surface area contributed by atoms with Crippen LogP contribution in [-0.2, 0) is 21.9 Å². The Balaban J connectivity index is 1.72. The maximum absolute atomic E-state index is 12.8. The van der Waals surface area contributed by atoms with E-state index < -0.39 is 16.1 Å². The molecular weight excluding hydrogens is 358 g/mol. The van der Waals surface area contributed by atoms with Crippen molar-refractivity contribution in [1.29, 1.82) is 0 Å². The van der Waals surface area contributed by atoms with Gasteiger partial charge in [0.2, 0.25) is 10.0 Å². The molecule has 2 fully saturated rings. The van der Waals surface area contributed by atoms with Crippen LogP contribution in [0.4, 0.5) is 0 Å². The molecule has 0 saturated carbocycles. The zero-order valence-corrected chi connectivity index (χ0v) is 16.1. The number of rotatable bonds is 4. The van der Waals surface area contributed by atoms with E-state index in [1.807, 2.05) is 18.7 Å². The van der Waals surface area contributed by atoms with Gasteiger partial charge < -0.3 is 5.32 Å². The van der Waals surface area contributed by atoms with Gasteiger partial charge in [-0.25, -0.2) is 12.7 Å². The molecule has 1 N–H and O–H groups in total. The minimum atomic E-state index is -3.56. The highest BCUT2D eigenvalue weighted by Gasteiger charge is 2.45. The Hall–Kier alpha value is -1.94. The first-order chi connectivity index (χ1) is 12.2. The van der Waals surface area contributed by atoms with Gasteiger partial charge in [-0.2, -0.15) is 5.10 Å². The van der Waals surface area contributed by atoms with Crippen LogP contribution in [0.15, 0.2) is 6.07 Å². The molecule has 9 nitrogen and oxygen atoms in total. The maximum atomic E-state index is 12.8. The smallest absolute Gasteiger partial charge is 0.269 e. The summed E-state index contributed by atoms with van der Waals surface area (Å²) in [6.45, 7) is 4.64. The molecule has 0 radical (unpaired) electrons. The average molecular weight is 383 g/mol. The molecule has 26 heavy (non-hydrogen) atoms. The van der Waals surface area contributed by atoms with Crippen molar-refractivity contribution in [1.82, 2.24) is 24.3 Å². The zero-order chi connectivity index (χ0) is 19.1. The van der Waals surface area contributed by atoms with E-state index in [9.17, 15) is 18.0 Å². The second kappa shape index (κ2) is 6.99. The van der Waals surface area contributed by atoms with Crippen molar-refractivity contribution in [2.75, 3.05) is 25.4 Å². The topological polar surface area (TPSA) is 105 Å². The second-order valence-corrected chi connectivity index (χ2v) is 8.95. The number of aromatic nitrogens is 2. The Bertz CT molecular complexity index is 819. The van der Waals surface area contributed by atoms with E-state index in [0.29, 0.717) is 31.6 Å². The number of fused-ring (bicyclic) bond motifs is 1. The van der Waals surface area contributed by atoms with Crippen LogP contribution in [0.2, 0.25) is 0 Å². The van der Waals surface area contributed by atoms with Crippen LogP contribution in [0.25, 0.3) is 0 Å². The molecule has 2 amide bonds. The van der Waals surface area contributed by atoms with Crippen molar-refractivity contribution in [2.24, 2.45) is 7.05 Å². The van der Waals surface area contributed by atoms with Crippen LogP contribution in [0, 0.1) is 6.92 Å². The first kappa shape index (κ1) is 18.8. The summed E-state index contributed by atoms with van der Waals surface area (Å²) in [5.74, 6) is -0.685. The van der Waals surface area contributed by atoms with Crippen molar-refractivity contribution in [3.63, 3.8) is 0 Å². The molecule has 2 aliphatic heterocycles. The van der Waals surface area contributed by atoms with Crippen LogP contribution >= 0.6 is 0 Å². The summed E-state index contributed by atoms with van der Waals surface area (Å²) in [6, 6.07) is 1.01. The summed E-state index contributed by atoms with van der Waals surface area (Å²) in [5.41, 5.74) is 1.22. The van der Waals surface area contributed by atoms with Crippen molar-refractivity contribution < 1.29 is 18.0 Å². The molecule has 3 heterocycles. The predicted molar refractivity (Wildman–Crippen MR) is 95.0 cm³/mol. The molecule has 1 aromatic rings. The molecule has 0 aliphatic carbocycles. The highest BCUT2D eigenvalue weighted by atomic mass is 32.2. The van der Waals surface area contributed by atoms with Gasteiger partial charge in [-0.3, -0.25) is 19.2 Å². The lowest BCUT2D eigenvalue weighted by atomic mass is 10.1. The number of sulfonamides is 1. The van der Waals surface area contributed by atoms with E-state index in [1.165, 1.54) is 4.68 Å². The highest BCUT2D eigenvalue weighted by molar-refractivity contribution is 7.89. The van der Waals surface area contributed by atoms with Crippen LogP contribution < -0.4 is 5.32 Å². The minimum Gasteiger partial charge on any atom is -0.347 e. The van der Waals surface area contributed by atoms with Crippen molar-refractivity contribution >= 4 is 21.8 Å². The van der Waals surface area contributed by atoms with Crippen LogP contribution in [0.1, 0.15) is 35.9 Å². The number of hydrogen-bond donors (Lipinski definition) is 1. The third-order valence-corrected chi connectivity index (χ3v) is 6.64. The average Bonchev–Trinajstić information content (AvgIpc) is 3.10. The first-order valence-electron chi connectivity index (χ1n) is 8.82. The Morgan fingerprint density at radius 3 is 2.77 bits per heavy atom. The van der Waals surface area contributed by atoms with Crippen molar-refractivity contribution in [3.05, 3.63) is 17.5 Å². The Morgan fingerprint density at radius 1 is 1.42 bits per heavy atom. The largest absolute Gasteiger partial charge is 0.347 e. The van der Waals surface area contributed by atoms with E-state index in [-0.39, 0.29) is 30.2 Å². The first-order valence-corrected chi connectivity index (χ1v) is 10.4. The number of carbonyl (C=O) groups is 2. The fourth-order valence-corrected chi connectivity index (χ4v) is 5.24. The van der Waals surface area contributed by atoms with Gasteiger partial charge in [-0.1, -0.05) is 6.92 Å². The van der Waals surface area contributed by atoms with Crippen LogP contribution in [0.3, 0.4) is 0 Å². The van der Waals surface area contributed by atoms with E-state index in [1.54, 1.807) is 13.1 Å². The lowest BCUT2D eigenvalue weighted by molar-refractivity contribution is -0.130. The van der Waals surface area contributed by atoms with Crippen LogP contribution in [0.5, 0.6) is 0 Å². The summed E-state index contributed by atoms with van der Waals surface area (Å²) in [7, 11) is -1.85. The number of aryl methyl sites for hydroxylation is 2. The third kappa shape index (κ3) is 3.48. The Kier molecular flexibility index (Phi) is 5.07. The molecule has 0 spiro atoms. The molecule has 1 aromatic heterocycles. The molecule has 2 unspecified atom stereocenters. The standard InChI is InChI=1S/C16H25N5O4S/c1-4-5-21-16(23)14-9-12(10-20(14)6-7-26(21,24)25)17-15(22)13-8-11(2)18-19(13)3/h8,12,14H,4-7,9-10H2,1-3H3,(H,17,22). The molecule has 10 heteroatoms. The fraction of sp³-hybridized carbons (Fsp3) is 0.688. The van der Waals surface area contributed by atoms with E-state index in [0.717, 1.165) is 10.00 Å². The zero-order valence-electron chi connectivity index (χ0n) is 15.3. The number of nitrogens with zero attached hydrogens (tertiary/aromatic N) is 4. The molecule has 2 aliphatic rings. The lowest BCUT2D eigenvalue weighted by Crippen LogP contribution is -2.44. The molecule has 0 aromatic carbocycles. The molecule has 2 saturated heterocycles. The lowest BCUT2D eigenvalue weighted by Gasteiger charge is -2.23. The summed E-state index contributed by atoms with van der Waals surface area (Å²) >= 11 is 0. The van der Waals surface area contributed by atoms with Gasteiger partial charge in [0.15, 0.2) is 0 Å². The number of carbonyl (C=O) groups excluding carboxylic acids is 2. The number of hydrogen-bond acceptors (Lipinski definition) is 6. The quantitative estimate of drug-likeness (QED) is 0.750. The van der Waals surface area contributed by atoms with Crippen molar-refractivity contribution in [2.45, 2.75) is 38.8 Å². The Labute approximate surface area is 153 Å². The van der Waals surface area contributed by atoms with Gasteiger partial charge in [0, 0.05) is 32.7 Å². The van der Waals surface area contributed by atoms with Gasteiger partial charge in [-0.05, 0) is 25.8 Å².